The van der Waals surface area contributed by atoms with Crippen molar-refractivity contribution in [2.24, 2.45) is 5.92 Å². The number of alkyl halides is 1. The van der Waals surface area contributed by atoms with Crippen molar-refractivity contribution in [2.75, 3.05) is 11.6 Å². The minimum atomic E-state index is -3.43. The van der Waals surface area contributed by atoms with E-state index in [2.05, 4.69) is 28.2 Å². The standard InChI is InChI=1S/C13H24BrNO3S/c1-10-5-7-13(9-14,8-6-10)15-11(16)12(2,3)19(4,17)18/h10H,5-9H2,1-4H3,(H,15,16). The van der Waals surface area contributed by atoms with Crippen LogP contribution in [-0.4, -0.2) is 36.2 Å². The fourth-order valence-corrected chi connectivity index (χ4v) is 3.26. The molecule has 0 spiro atoms. The molecule has 1 rings (SSSR count). The molecule has 0 bridgehead atoms. The van der Waals surface area contributed by atoms with Crippen LogP contribution in [0.3, 0.4) is 0 Å². The number of halogens is 1. The number of carbonyl (C=O) groups excluding carboxylic acids is 1. The molecule has 1 amide bonds. The SMILES string of the molecule is CC1CCC(CBr)(NC(=O)C(C)(C)S(C)(=O)=O)CC1. The van der Waals surface area contributed by atoms with Gasteiger partial charge >= 0.3 is 0 Å². The van der Waals surface area contributed by atoms with Crippen molar-refractivity contribution in [3.8, 4) is 0 Å². The first-order chi connectivity index (χ1) is 8.54. The molecule has 0 radical (unpaired) electrons. The summed E-state index contributed by atoms with van der Waals surface area (Å²) in [5, 5.41) is 3.65. The lowest BCUT2D eigenvalue weighted by atomic mass is 9.78. The number of nitrogens with one attached hydrogen (secondary N) is 1. The Bertz CT molecular complexity index is 437. The Labute approximate surface area is 124 Å². The summed E-state index contributed by atoms with van der Waals surface area (Å²) in [6.07, 6.45) is 5.02. The van der Waals surface area contributed by atoms with Crippen LogP contribution in [0.4, 0.5) is 0 Å². The molecule has 0 aliphatic heterocycles. The van der Waals surface area contributed by atoms with Crippen molar-refractivity contribution < 1.29 is 13.2 Å². The second kappa shape index (κ2) is 5.72. The summed E-state index contributed by atoms with van der Waals surface area (Å²) in [5.41, 5.74) is -0.300. The Hall–Kier alpha value is -0.100. The first-order valence-corrected chi connectivity index (χ1v) is 9.63. The van der Waals surface area contributed by atoms with E-state index in [1.165, 1.54) is 13.8 Å². The molecule has 1 N–H and O–H groups in total. The minimum Gasteiger partial charge on any atom is -0.348 e. The van der Waals surface area contributed by atoms with Crippen molar-refractivity contribution in [1.29, 1.82) is 0 Å². The molecule has 0 unspecified atom stereocenters. The Balaban J connectivity index is 2.85. The van der Waals surface area contributed by atoms with E-state index in [0.29, 0.717) is 11.2 Å². The van der Waals surface area contributed by atoms with Crippen molar-refractivity contribution in [3.63, 3.8) is 0 Å². The Morgan fingerprint density at radius 3 is 2.21 bits per heavy atom. The molecule has 0 aromatic rings. The van der Waals surface area contributed by atoms with Crippen LogP contribution in [0.2, 0.25) is 0 Å². The number of amides is 1. The van der Waals surface area contributed by atoms with Crippen molar-refractivity contribution in [2.45, 2.75) is 56.7 Å². The monoisotopic (exact) mass is 353 g/mol. The molecule has 0 saturated heterocycles. The second-order valence-electron chi connectivity index (χ2n) is 6.33. The molecule has 1 aliphatic rings. The Kier molecular flexibility index (Phi) is 5.10. The van der Waals surface area contributed by atoms with Crippen LogP contribution >= 0.6 is 15.9 Å². The molecule has 1 saturated carbocycles. The van der Waals surface area contributed by atoms with Gasteiger partial charge in [0.15, 0.2) is 9.84 Å². The molecule has 0 heterocycles. The maximum Gasteiger partial charge on any atom is 0.241 e. The van der Waals surface area contributed by atoms with E-state index in [1.54, 1.807) is 0 Å². The highest BCUT2D eigenvalue weighted by molar-refractivity contribution is 9.09. The number of carbonyl (C=O) groups is 1. The van der Waals surface area contributed by atoms with E-state index in [-0.39, 0.29) is 5.54 Å². The van der Waals surface area contributed by atoms with Gasteiger partial charge in [-0.3, -0.25) is 4.79 Å². The second-order valence-corrected chi connectivity index (χ2v) is 9.46. The molecule has 112 valence electrons. The lowest BCUT2D eigenvalue weighted by Crippen LogP contribution is -2.58. The molecular formula is C13H24BrNO3S. The first kappa shape index (κ1) is 17.0. The maximum absolute atomic E-state index is 12.3. The van der Waals surface area contributed by atoms with Crippen molar-refractivity contribution >= 4 is 31.7 Å². The third kappa shape index (κ3) is 3.72. The molecule has 19 heavy (non-hydrogen) atoms. The van der Waals surface area contributed by atoms with Gasteiger partial charge in [0.05, 0.1) is 0 Å². The van der Waals surface area contributed by atoms with E-state index in [9.17, 15) is 13.2 Å². The van der Waals surface area contributed by atoms with E-state index in [4.69, 9.17) is 0 Å². The van der Waals surface area contributed by atoms with Gasteiger partial charge in [0.25, 0.3) is 0 Å². The normalized spacial score (nSPS) is 29.0. The van der Waals surface area contributed by atoms with E-state index in [1.807, 2.05) is 0 Å². The quantitative estimate of drug-likeness (QED) is 0.788. The predicted octanol–water partition coefficient (Wildman–Crippen LogP) is 2.27. The fourth-order valence-electron chi connectivity index (χ4n) is 2.17. The zero-order chi connectivity index (χ0) is 14.9. The topological polar surface area (TPSA) is 63.2 Å². The van der Waals surface area contributed by atoms with Crippen LogP contribution in [0.1, 0.15) is 46.5 Å². The van der Waals surface area contributed by atoms with Crippen LogP contribution in [-0.2, 0) is 14.6 Å². The molecule has 1 fully saturated rings. The summed E-state index contributed by atoms with van der Waals surface area (Å²) >= 11 is 3.47. The zero-order valence-electron chi connectivity index (χ0n) is 12.1. The van der Waals surface area contributed by atoms with Gasteiger partial charge in [-0.25, -0.2) is 8.42 Å². The largest absolute Gasteiger partial charge is 0.348 e. The van der Waals surface area contributed by atoms with Gasteiger partial charge < -0.3 is 5.32 Å². The zero-order valence-corrected chi connectivity index (χ0v) is 14.5. The number of hydrogen-bond acceptors (Lipinski definition) is 3. The Morgan fingerprint density at radius 2 is 1.84 bits per heavy atom. The molecule has 1 aliphatic carbocycles. The minimum absolute atomic E-state index is 0.300. The third-order valence-electron chi connectivity index (χ3n) is 4.34. The first-order valence-electron chi connectivity index (χ1n) is 6.62. The van der Waals surface area contributed by atoms with Crippen molar-refractivity contribution in [3.05, 3.63) is 0 Å². The highest BCUT2D eigenvalue weighted by atomic mass is 79.9. The lowest BCUT2D eigenvalue weighted by molar-refractivity contribution is -0.125. The van der Waals surface area contributed by atoms with Gasteiger partial charge in [0, 0.05) is 17.1 Å². The van der Waals surface area contributed by atoms with E-state index < -0.39 is 20.5 Å². The van der Waals surface area contributed by atoms with Gasteiger partial charge in [-0.15, -0.1) is 0 Å². The summed E-state index contributed by atoms with van der Waals surface area (Å²) < 4.78 is 22.0. The van der Waals surface area contributed by atoms with Crippen LogP contribution in [0.15, 0.2) is 0 Å². The van der Waals surface area contributed by atoms with Gasteiger partial charge in [0.1, 0.15) is 4.75 Å². The van der Waals surface area contributed by atoms with E-state index in [0.717, 1.165) is 31.9 Å². The molecule has 0 atom stereocenters. The number of rotatable bonds is 4. The fraction of sp³-hybridized carbons (Fsp3) is 0.923. The van der Waals surface area contributed by atoms with Gasteiger partial charge in [-0.2, -0.15) is 0 Å². The number of sulfone groups is 1. The predicted molar refractivity (Wildman–Crippen MR) is 81.2 cm³/mol. The maximum atomic E-state index is 12.3. The van der Waals surface area contributed by atoms with Gasteiger partial charge in [-0.1, -0.05) is 22.9 Å². The van der Waals surface area contributed by atoms with Gasteiger partial charge in [0.2, 0.25) is 5.91 Å². The molecule has 6 heteroatoms. The summed E-state index contributed by atoms with van der Waals surface area (Å²) in [5.74, 6) is 0.274. The Morgan fingerprint density at radius 1 is 1.37 bits per heavy atom. The van der Waals surface area contributed by atoms with Gasteiger partial charge in [-0.05, 0) is 45.4 Å². The molecule has 4 nitrogen and oxygen atoms in total. The number of hydrogen-bond donors (Lipinski definition) is 1. The average molecular weight is 354 g/mol. The molecule has 0 aromatic heterocycles. The average Bonchev–Trinajstić information content (AvgIpc) is 2.31. The smallest absolute Gasteiger partial charge is 0.241 e. The summed E-state index contributed by atoms with van der Waals surface area (Å²) in [4.78, 5) is 12.3. The van der Waals surface area contributed by atoms with Crippen LogP contribution in [0.5, 0.6) is 0 Å². The summed E-state index contributed by atoms with van der Waals surface area (Å²) in [6.45, 7) is 5.14. The summed E-state index contributed by atoms with van der Waals surface area (Å²) in [6, 6.07) is 0. The van der Waals surface area contributed by atoms with Crippen LogP contribution in [0, 0.1) is 5.92 Å². The third-order valence-corrected chi connectivity index (χ3v) is 7.45. The molecular weight excluding hydrogens is 330 g/mol. The molecule has 0 aromatic carbocycles. The summed E-state index contributed by atoms with van der Waals surface area (Å²) in [7, 11) is -3.43. The lowest BCUT2D eigenvalue weighted by Gasteiger charge is -2.40. The highest BCUT2D eigenvalue weighted by Crippen LogP contribution is 2.34. The highest BCUT2D eigenvalue weighted by Gasteiger charge is 2.43. The van der Waals surface area contributed by atoms with Crippen LogP contribution in [0.25, 0.3) is 0 Å². The van der Waals surface area contributed by atoms with Crippen LogP contribution < -0.4 is 5.32 Å². The van der Waals surface area contributed by atoms with Crippen molar-refractivity contribution in [1.82, 2.24) is 5.32 Å². The van der Waals surface area contributed by atoms with E-state index >= 15 is 0 Å².